The van der Waals surface area contributed by atoms with Crippen molar-refractivity contribution in [2.45, 2.75) is 11.3 Å². The summed E-state index contributed by atoms with van der Waals surface area (Å²) in [7, 11) is -1.07. The molecule has 1 aromatic rings. The highest BCUT2D eigenvalue weighted by Gasteiger charge is 2.19. The number of hydrogen-bond donors (Lipinski definition) is 1. The fourth-order valence-electron chi connectivity index (χ4n) is 1.39. The minimum absolute atomic E-state index is 0.0974. The maximum absolute atomic E-state index is 11.8. The lowest BCUT2D eigenvalue weighted by Crippen LogP contribution is -2.18. The lowest BCUT2D eigenvalue weighted by Gasteiger charge is -2.12. The molecule has 0 aliphatic rings. The van der Waals surface area contributed by atoms with Gasteiger partial charge >= 0.3 is 0 Å². The van der Waals surface area contributed by atoms with Gasteiger partial charge in [-0.2, -0.15) is 0 Å². The molecule has 0 aromatic heterocycles. The van der Waals surface area contributed by atoms with Crippen LogP contribution in [-0.2, 0) is 23.8 Å². The van der Waals surface area contributed by atoms with E-state index in [1.54, 1.807) is 0 Å². The van der Waals surface area contributed by atoms with E-state index in [0.717, 1.165) is 12.1 Å². The van der Waals surface area contributed by atoms with Crippen molar-refractivity contribution in [2.75, 3.05) is 24.2 Å². The summed E-state index contributed by atoms with van der Waals surface area (Å²) < 4.78 is 53.0. The highest BCUT2D eigenvalue weighted by molar-refractivity contribution is 8.13. The fraction of sp³-hybridized carbons (Fsp3) is 0.400. The first-order valence-corrected chi connectivity index (χ1v) is 10.2. The van der Waals surface area contributed by atoms with Gasteiger partial charge in [-0.15, -0.1) is 0 Å². The molecule has 1 rings (SSSR count). The van der Waals surface area contributed by atoms with Gasteiger partial charge in [-0.3, -0.25) is 4.72 Å². The first kappa shape index (κ1) is 18.8. The molecular formula is C10H12Cl3NO5S2. The first-order valence-electron chi connectivity index (χ1n) is 5.50. The number of sulfonamides is 1. The molecule has 0 aliphatic heterocycles. The molecule has 1 aromatic carbocycles. The van der Waals surface area contributed by atoms with Gasteiger partial charge in [-0.25, -0.2) is 16.8 Å². The maximum Gasteiger partial charge on any atom is 0.261 e. The predicted molar refractivity (Wildman–Crippen MR) is 83.4 cm³/mol. The molecule has 0 atom stereocenters. The van der Waals surface area contributed by atoms with Crippen LogP contribution in [0.2, 0.25) is 10.0 Å². The third kappa shape index (κ3) is 5.80. The third-order valence-corrected chi connectivity index (χ3v) is 5.59. The Labute approximate surface area is 137 Å². The van der Waals surface area contributed by atoms with Crippen molar-refractivity contribution < 1.29 is 21.6 Å². The normalized spacial score (nSPS) is 12.4. The zero-order chi connectivity index (χ0) is 16.3. The van der Waals surface area contributed by atoms with E-state index in [1.165, 1.54) is 7.11 Å². The lowest BCUT2D eigenvalue weighted by molar-refractivity contribution is 0.199. The second kappa shape index (κ2) is 7.34. The van der Waals surface area contributed by atoms with Gasteiger partial charge in [0.1, 0.15) is 0 Å². The highest BCUT2D eigenvalue weighted by Crippen LogP contribution is 2.35. The molecule has 6 nitrogen and oxygen atoms in total. The molecule has 1 N–H and O–H groups in total. The van der Waals surface area contributed by atoms with Crippen LogP contribution in [0.25, 0.3) is 0 Å². The largest absolute Gasteiger partial charge is 0.385 e. The molecule has 0 bridgehead atoms. The van der Waals surface area contributed by atoms with E-state index < -0.39 is 19.1 Å². The molecule has 0 spiro atoms. The van der Waals surface area contributed by atoms with Gasteiger partial charge in [0.15, 0.2) is 0 Å². The number of benzene rings is 1. The average Bonchev–Trinajstić information content (AvgIpc) is 2.32. The van der Waals surface area contributed by atoms with Crippen LogP contribution in [0.15, 0.2) is 17.0 Å². The molecule has 0 saturated carbocycles. The Morgan fingerprint density at radius 3 is 2.10 bits per heavy atom. The van der Waals surface area contributed by atoms with Crippen LogP contribution < -0.4 is 4.72 Å². The lowest BCUT2D eigenvalue weighted by atomic mass is 10.3. The Hall–Kier alpha value is -0.250. The summed E-state index contributed by atoms with van der Waals surface area (Å²) in [5.41, 5.74) is -0.0974. The number of nitrogens with one attached hydrogen (secondary N) is 1. The van der Waals surface area contributed by atoms with Gasteiger partial charge in [0.05, 0.1) is 26.4 Å². The molecular weight excluding hydrogens is 385 g/mol. The van der Waals surface area contributed by atoms with E-state index in [9.17, 15) is 16.8 Å². The van der Waals surface area contributed by atoms with Crippen LogP contribution in [0.5, 0.6) is 0 Å². The van der Waals surface area contributed by atoms with Gasteiger partial charge in [0.25, 0.3) is 9.05 Å². The molecule has 0 saturated heterocycles. The van der Waals surface area contributed by atoms with Crippen LogP contribution in [0.1, 0.15) is 6.42 Å². The monoisotopic (exact) mass is 395 g/mol. The smallest absolute Gasteiger partial charge is 0.261 e. The third-order valence-electron chi connectivity index (χ3n) is 2.32. The van der Waals surface area contributed by atoms with Gasteiger partial charge < -0.3 is 4.74 Å². The number of methoxy groups -OCH3 is 1. The SMILES string of the molecule is COCCCS(=O)(=O)Nc1c(Cl)cc(S(=O)(=O)Cl)cc1Cl. The van der Waals surface area contributed by atoms with Crippen molar-refractivity contribution in [3.8, 4) is 0 Å². The van der Waals surface area contributed by atoms with Crippen molar-refractivity contribution in [1.29, 1.82) is 0 Å². The molecule has 11 heteroatoms. The summed E-state index contributed by atoms with van der Waals surface area (Å²) in [5, 5.41) is -0.339. The van der Waals surface area contributed by atoms with Gasteiger partial charge in [-0.1, -0.05) is 23.2 Å². The van der Waals surface area contributed by atoms with E-state index in [2.05, 4.69) is 4.72 Å². The standard InChI is InChI=1S/C10H12Cl3NO5S2/c1-19-3-2-4-20(15,16)14-10-8(11)5-7(6-9(10)12)21(13,17)18/h5-6,14H,2-4H2,1H3. The zero-order valence-electron chi connectivity index (χ0n) is 10.8. The Morgan fingerprint density at radius 2 is 1.67 bits per heavy atom. The van der Waals surface area contributed by atoms with E-state index in [4.69, 9.17) is 38.6 Å². The van der Waals surface area contributed by atoms with Gasteiger partial charge in [-0.05, 0) is 18.6 Å². The van der Waals surface area contributed by atoms with Crippen LogP contribution in [0.3, 0.4) is 0 Å². The summed E-state index contributed by atoms with van der Waals surface area (Å²) in [6.45, 7) is 0.284. The number of ether oxygens (including phenoxy) is 1. The minimum Gasteiger partial charge on any atom is -0.385 e. The summed E-state index contributed by atoms with van der Waals surface area (Å²) in [6.07, 6.45) is 0.287. The first-order chi connectivity index (χ1) is 9.57. The van der Waals surface area contributed by atoms with Crippen LogP contribution in [0.4, 0.5) is 5.69 Å². The number of halogens is 3. The van der Waals surface area contributed by atoms with E-state index >= 15 is 0 Å². The van der Waals surface area contributed by atoms with Crippen LogP contribution in [-0.4, -0.2) is 36.3 Å². The van der Waals surface area contributed by atoms with Crippen molar-refractivity contribution in [1.82, 2.24) is 0 Å². The van der Waals surface area contributed by atoms with Crippen molar-refractivity contribution in [3.63, 3.8) is 0 Å². The maximum atomic E-state index is 11.8. The molecule has 0 amide bonds. The Bertz CT molecular complexity index is 695. The number of hydrogen-bond acceptors (Lipinski definition) is 5. The van der Waals surface area contributed by atoms with E-state index in [0.29, 0.717) is 0 Å². The summed E-state index contributed by atoms with van der Waals surface area (Å²) in [4.78, 5) is -0.318. The molecule has 0 radical (unpaired) electrons. The quantitative estimate of drug-likeness (QED) is 0.565. The Kier molecular flexibility index (Phi) is 6.57. The van der Waals surface area contributed by atoms with Crippen LogP contribution in [0, 0.1) is 0 Å². The number of anilines is 1. The van der Waals surface area contributed by atoms with Crippen LogP contribution >= 0.6 is 33.9 Å². The summed E-state index contributed by atoms with van der Waals surface area (Å²) >= 11 is 11.7. The second-order valence-corrected chi connectivity index (χ2v) is 9.19. The molecule has 0 unspecified atom stereocenters. The highest BCUT2D eigenvalue weighted by atomic mass is 35.7. The zero-order valence-corrected chi connectivity index (χ0v) is 14.7. The molecule has 21 heavy (non-hydrogen) atoms. The van der Waals surface area contributed by atoms with Crippen molar-refractivity contribution >= 4 is 58.6 Å². The van der Waals surface area contributed by atoms with Crippen molar-refractivity contribution in [3.05, 3.63) is 22.2 Å². The summed E-state index contributed by atoms with van der Waals surface area (Å²) in [5.74, 6) is -0.191. The fourth-order valence-corrected chi connectivity index (χ4v) is 4.13. The van der Waals surface area contributed by atoms with Crippen molar-refractivity contribution in [2.24, 2.45) is 0 Å². The second-order valence-electron chi connectivity index (χ2n) is 3.97. The molecule has 0 fully saturated rings. The average molecular weight is 397 g/mol. The topological polar surface area (TPSA) is 89.5 Å². The number of rotatable bonds is 7. The van der Waals surface area contributed by atoms with E-state index in [1.807, 2.05) is 0 Å². The Balaban J connectivity index is 3.05. The summed E-state index contributed by atoms with van der Waals surface area (Å²) in [6, 6.07) is 2.03. The molecule has 0 aliphatic carbocycles. The van der Waals surface area contributed by atoms with Gasteiger partial charge in [0.2, 0.25) is 10.0 Å². The molecule has 0 heterocycles. The molecule has 120 valence electrons. The van der Waals surface area contributed by atoms with E-state index in [-0.39, 0.29) is 39.4 Å². The minimum atomic E-state index is -4.02. The Morgan fingerprint density at radius 1 is 1.14 bits per heavy atom. The predicted octanol–water partition coefficient (Wildman–Crippen LogP) is 2.70. The van der Waals surface area contributed by atoms with Gasteiger partial charge in [0, 0.05) is 24.4 Å².